The summed E-state index contributed by atoms with van der Waals surface area (Å²) in [4.78, 5) is 43.8. The van der Waals surface area contributed by atoms with Gasteiger partial charge in [0.25, 0.3) is 0 Å². The van der Waals surface area contributed by atoms with Gasteiger partial charge in [-0.05, 0) is 48.9 Å². The number of likely N-dealkylation sites (tertiary alicyclic amines) is 1. The third kappa shape index (κ3) is 4.44. The molecule has 3 aliphatic heterocycles. The molecule has 2 N–H and O–H groups in total. The second kappa shape index (κ2) is 10.5. The summed E-state index contributed by atoms with van der Waals surface area (Å²) in [5.41, 5.74) is 1.63. The molecule has 7 nitrogen and oxygen atoms in total. The van der Waals surface area contributed by atoms with Crippen molar-refractivity contribution in [3.05, 3.63) is 77.9 Å². The first-order valence-corrected chi connectivity index (χ1v) is 14.8. The summed E-state index contributed by atoms with van der Waals surface area (Å²) in [5, 5.41) is 6.28. The normalized spacial score (nSPS) is 30.0. The zero-order valence-corrected chi connectivity index (χ0v) is 23.5. The maximum Gasteiger partial charge on any atom is 0.246 e. The SMILES string of the molecule is CC(C)c1ccc(NC(=O)[C@H]2[C@H]3C=C[C@@]4(O3)[C@H]2C(=O)N([C@@H](C)c2ccccc2)[C@@H]4C(=O)NC2CCCCC2)cc1. The van der Waals surface area contributed by atoms with Gasteiger partial charge in [0.1, 0.15) is 11.6 Å². The van der Waals surface area contributed by atoms with Crippen LogP contribution >= 0.6 is 0 Å². The van der Waals surface area contributed by atoms with Crippen molar-refractivity contribution in [1.82, 2.24) is 10.2 Å². The summed E-state index contributed by atoms with van der Waals surface area (Å²) >= 11 is 0. The van der Waals surface area contributed by atoms with Crippen molar-refractivity contribution in [2.45, 2.75) is 88.6 Å². The standard InChI is InChI=1S/C33H39N3O4/c1-20(2)22-14-16-25(17-15-22)34-30(37)27-26-18-19-33(40-26)28(27)32(39)36(21(3)23-10-6-4-7-11-23)29(33)31(38)35-24-12-8-5-9-13-24/h4,6-7,10-11,14-21,24,26-29H,5,8-9,12-13H2,1-3H3,(H,34,37)(H,35,38)/t21-,26+,27-,28+,29+,33+/m0/s1. The second-order valence-electron chi connectivity index (χ2n) is 12.1. The molecule has 210 valence electrons. The molecule has 7 heteroatoms. The summed E-state index contributed by atoms with van der Waals surface area (Å²) in [6.07, 6.45) is 8.44. The van der Waals surface area contributed by atoms with Gasteiger partial charge >= 0.3 is 0 Å². The van der Waals surface area contributed by atoms with Gasteiger partial charge in [-0.15, -0.1) is 0 Å². The van der Waals surface area contributed by atoms with E-state index in [9.17, 15) is 14.4 Å². The Morgan fingerprint density at radius 3 is 2.30 bits per heavy atom. The number of hydrogen-bond donors (Lipinski definition) is 2. The summed E-state index contributed by atoms with van der Waals surface area (Å²) in [7, 11) is 0. The Labute approximate surface area is 236 Å². The van der Waals surface area contributed by atoms with Crippen molar-refractivity contribution in [1.29, 1.82) is 0 Å². The number of ether oxygens (including phenoxy) is 1. The molecular formula is C33H39N3O4. The van der Waals surface area contributed by atoms with Crippen LogP contribution in [0.15, 0.2) is 66.7 Å². The van der Waals surface area contributed by atoms with Crippen LogP contribution in [0, 0.1) is 11.8 Å². The number of nitrogens with zero attached hydrogens (tertiary/aromatic N) is 1. The fourth-order valence-electron chi connectivity index (χ4n) is 7.22. The zero-order chi connectivity index (χ0) is 28.0. The molecule has 4 aliphatic rings. The molecule has 0 unspecified atom stereocenters. The van der Waals surface area contributed by atoms with E-state index in [-0.39, 0.29) is 29.8 Å². The van der Waals surface area contributed by atoms with Crippen LogP contribution in [0.2, 0.25) is 0 Å². The van der Waals surface area contributed by atoms with Crippen molar-refractivity contribution < 1.29 is 19.1 Å². The van der Waals surface area contributed by atoms with Gasteiger partial charge in [0, 0.05) is 11.7 Å². The number of fused-ring (bicyclic) bond motifs is 1. The maximum atomic E-state index is 14.3. The summed E-state index contributed by atoms with van der Waals surface area (Å²) in [6, 6.07) is 16.4. The molecule has 3 heterocycles. The average Bonchev–Trinajstić information content (AvgIpc) is 3.61. The van der Waals surface area contributed by atoms with Crippen LogP contribution < -0.4 is 10.6 Å². The highest BCUT2D eigenvalue weighted by atomic mass is 16.5. The van der Waals surface area contributed by atoms with Crippen molar-refractivity contribution in [2.75, 3.05) is 5.32 Å². The molecule has 0 aromatic heterocycles. The molecule has 6 atom stereocenters. The van der Waals surface area contributed by atoms with Crippen LogP contribution in [-0.2, 0) is 19.1 Å². The number of carbonyl (C=O) groups is 3. The van der Waals surface area contributed by atoms with Crippen LogP contribution in [-0.4, -0.2) is 46.4 Å². The van der Waals surface area contributed by atoms with Crippen LogP contribution in [0.4, 0.5) is 5.69 Å². The Morgan fingerprint density at radius 1 is 0.925 bits per heavy atom. The van der Waals surface area contributed by atoms with Gasteiger partial charge in [-0.25, -0.2) is 0 Å². The fraction of sp³-hybridized carbons (Fsp3) is 0.485. The van der Waals surface area contributed by atoms with E-state index in [0.29, 0.717) is 11.6 Å². The molecule has 1 saturated carbocycles. The minimum absolute atomic E-state index is 0.0937. The van der Waals surface area contributed by atoms with Crippen molar-refractivity contribution in [2.24, 2.45) is 11.8 Å². The van der Waals surface area contributed by atoms with Gasteiger partial charge < -0.3 is 20.3 Å². The van der Waals surface area contributed by atoms with Crippen molar-refractivity contribution in [3.63, 3.8) is 0 Å². The van der Waals surface area contributed by atoms with Crippen LogP contribution in [0.25, 0.3) is 0 Å². The topological polar surface area (TPSA) is 87.7 Å². The lowest BCUT2D eigenvalue weighted by Crippen LogP contribution is -2.56. The lowest BCUT2D eigenvalue weighted by atomic mass is 9.74. The Hall–Kier alpha value is -3.45. The smallest absolute Gasteiger partial charge is 0.246 e. The molecule has 0 radical (unpaired) electrons. The first-order valence-electron chi connectivity index (χ1n) is 14.8. The van der Waals surface area contributed by atoms with Gasteiger partial charge in [-0.3, -0.25) is 14.4 Å². The number of nitrogens with one attached hydrogen (secondary N) is 2. The van der Waals surface area contributed by atoms with E-state index < -0.39 is 29.6 Å². The minimum atomic E-state index is -1.17. The highest BCUT2D eigenvalue weighted by molar-refractivity contribution is 6.03. The Morgan fingerprint density at radius 2 is 1.62 bits per heavy atom. The van der Waals surface area contributed by atoms with Crippen molar-refractivity contribution in [3.8, 4) is 0 Å². The number of rotatable bonds is 7. The van der Waals surface area contributed by atoms with Crippen LogP contribution in [0.5, 0.6) is 0 Å². The molecule has 1 aliphatic carbocycles. The highest BCUT2D eigenvalue weighted by Gasteiger charge is 2.73. The summed E-state index contributed by atoms with van der Waals surface area (Å²) in [5.74, 6) is -1.76. The van der Waals surface area contributed by atoms with E-state index in [4.69, 9.17) is 4.74 Å². The van der Waals surface area contributed by atoms with Gasteiger partial charge in [0.15, 0.2) is 0 Å². The lowest BCUT2D eigenvalue weighted by molar-refractivity contribution is -0.143. The van der Waals surface area contributed by atoms with E-state index in [2.05, 4.69) is 24.5 Å². The summed E-state index contributed by atoms with van der Waals surface area (Å²) in [6.45, 7) is 6.20. The molecule has 2 bridgehead atoms. The van der Waals surface area contributed by atoms with Gasteiger partial charge in [-0.2, -0.15) is 0 Å². The first kappa shape index (κ1) is 26.8. The van der Waals surface area contributed by atoms with E-state index in [1.165, 1.54) is 12.0 Å². The monoisotopic (exact) mass is 541 g/mol. The average molecular weight is 542 g/mol. The molecule has 40 heavy (non-hydrogen) atoms. The van der Waals surface area contributed by atoms with Crippen molar-refractivity contribution >= 4 is 23.4 Å². The molecule has 1 spiro atoms. The molecule has 2 saturated heterocycles. The fourth-order valence-corrected chi connectivity index (χ4v) is 7.22. The minimum Gasteiger partial charge on any atom is -0.359 e. The quantitative estimate of drug-likeness (QED) is 0.477. The predicted molar refractivity (Wildman–Crippen MR) is 153 cm³/mol. The molecule has 2 aromatic rings. The maximum absolute atomic E-state index is 14.3. The third-order valence-electron chi connectivity index (χ3n) is 9.36. The number of anilines is 1. The molecule has 2 aromatic carbocycles. The zero-order valence-electron chi connectivity index (χ0n) is 23.5. The Kier molecular flexibility index (Phi) is 7.03. The third-order valence-corrected chi connectivity index (χ3v) is 9.36. The van der Waals surface area contributed by atoms with Crippen LogP contribution in [0.3, 0.4) is 0 Å². The van der Waals surface area contributed by atoms with Crippen LogP contribution in [0.1, 0.15) is 76.0 Å². The molecule has 3 amide bonds. The van der Waals surface area contributed by atoms with E-state index in [1.54, 1.807) is 4.90 Å². The number of carbonyl (C=O) groups excluding carboxylic acids is 3. The van der Waals surface area contributed by atoms with Gasteiger partial charge in [0.05, 0.1) is 24.0 Å². The lowest BCUT2D eigenvalue weighted by Gasteiger charge is -2.37. The van der Waals surface area contributed by atoms with Gasteiger partial charge in [0.2, 0.25) is 17.7 Å². The Balaban J connectivity index is 1.32. The van der Waals surface area contributed by atoms with E-state index in [1.807, 2.05) is 73.7 Å². The number of amides is 3. The Bertz CT molecular complexity index is 1300. The summed E-state index contributed by atoms with van der Waals surface area (Å²) < 4.78 is 6.52. The molecular weight excluding hydrogens is 502 g/mol. The number of hydrogen-bond acceptors (Lipinski definition) is 4. The second-order valence-corrected chi connectivity index (χ2v) is 12.1. The predicted octanol–water partition coefficient (Wildman–Crippen LogP) is 5.11. The number of benzene rings is 2. The molecule has 3 fully saturated rings. The molecule has 6 rings (SSSR count). The highest BCUT2D eigenvalue weighted by Crippen LogP contribution is 2.56. The van der Waals surface area contributed by atoms with E-state index in [0.717, 1.165) is 31.2 Å². The largest absolute Gasteiger partial charge is 0.359 e. The van der Waals surface area contributed by atoms with E-state index >= 15 is 0 Å². The van der Waals surface area contributed by atoms with Gasteiger partial charge in [-0.1, -0.05) is 87.7 Å². The first-order chi connectivity index (χ1) is 19.3.